The van der Waals surface area contributed by atoms with Crippen LogP contribution in [0.3, 0.4) is 0 Å². The van der Waals surface area contributed by atoms with E-state index in [4.69, 9.17) is 0 Å². The summed E-state index contributed by atoms with van der Waals surface area (Å²) in [6.45, 7) is 0. The Bertz CT molecular complexity index is 2770. The maximum absolute atomic E-state index is 2.36. The van der Waals surface area contributed by atoms with E-state index >= 15 is 0 Å². The number of hydrogen-bond acceptors (Lipinski definition) is 2. The first-order chi connectivity index (χ1) is 25.3. The number of aromatic nitrogens is 1. The van der Waals surface area contributed by atoms with Gasteiger partial charge < -0.3 is 9.47 Å². The second-order valence-corrected chi connectivity index (χ2v) is 14.0. The maximum atomic E-state index is 2.36. The molecule has 51 heavy (non-hydrogen) atoms. The first-order valence-corrected chi connectivity index (χ1v) is 18.2. The third-order valence-electron chi connectivity index (χ3n) is 10.0. The van der Waals surface area contributed by atoms with Gasteiger partial charge in [0.05, 0.1) is 11.0 Å². The minimum Gasteiger partial charge on any atom is -0.311 e. The van der Waals surface area contributed by atoms with Crippen molar-refractivity contribution < 1.29 is 0 Å². The summed E-state index contributed by atoms with van der Waals surface area (Å²) in [7, 11) is 0. The van der Waals surface area contributed by atoms with Crippen molar-refractivity contribution >= 4 is 70.4 Å². The summed E-state index contributed by atoms with van der Waals surface area (Å²) < 4.78 is 5.03. The molecule has 8 aromatic carbocycles. The van der Waals surface area contributed by atoms with Crippen molar-refractivity contribution in [2.75, 3.05) is 4.90 Å². The van der Waals surface area contributed by atoms with Gasteiger partial charge in [-0.3, -0.25) is 0 Å². The van der Waals surface area contributed by atoms with Crippen molar-refractivity contribution in [1.82, 2.24) is 4.57 Å². The van der Waals surface area contributed by atoms with Gasteiger partial charge in [-0.2, -0.15) is 0 Å². The highest BCUT2D eigenvalue weighted by atomic mass is 32.1. The summed E-state index contributed by atoms with van der Waals surface area (Å²) in [4.78, 5) is 2.33. The Morgan fingerprint density at radius 2 is 0.843 bits per heavy atom. The van der Waals surface area contributed by atoms with Gasteiger partial charge in [0.1, 0.15) is 0 Å². The fourth-order valence-electron chi connectivity index (χ4n) is 7.60. The molecule has 240 valence electrons. The van der Waals surface area contributed by atoms with Gasteiger partial charge in [0.2, 0.25) is 0 Å². The molecule has 10 aromatic rings. The molecule has 0 radical (unpaired) electrons. The van der Waals surface area contributed by atoms with Gasteiger partial charge in [-0.05, 0) is 89.0 Å². The van der Waals surface area contributed by atoms with Crippen LogP contribution >= 0.6 is 11.3 Å². The van der Waals surface area contributed by atoms with Crippen LogP contribution in [0.4, 0.5) is 17.1 Å². The van der Waals surface area contributed by atoms with Gasteiger partial charge in [0.15, 0.2) is 0 Å². The molecule has 0 fully saturated rings. The van der Waals surface area contributed by atoms with E-state index in [-0.39, 0.29) is 0 Å². The summed E-state index contributed by atoms with van der Waals surface area (Å²) in [5, 5.41) is 5.20. The van der Waals surface area contributed by atoms with Crippen molar-refractivity contribution in [2.45, 2.75) is 0 Å². The number of fused-ring (bicyclic) bond motifs is 6. The zero-order valence-electron chi connectivity index (χ0n) is 27.8. The lowest BCUT2D eigenvalue weighted by molar-refractivity contribution is 1.18. The molecule has 0 atom stereocenters. The number of rotatable bonds is 6. The van der Waals surface area contributed by atoms with E-state index in [0.717, 1.165) is 22.7 Å². The van der Waals surface area contributed by atoms with E-state index < -0.39 is 0 Å². The Labute approximate surface area is 300 Å². The molecule has 3 heteroatoms. The summed E-state index contributed by atoms with van der Waals surface area (Å²) in [6, 6.07) is 70.2. The van der Waals surface area contributed by atoms with Crippen LogP contribution in [0.25, 0.3) is 69.9 Å². The van der Waals surface area contributed by atoms with Crippen LogP contribution in [-0.4, -0.2) is 4.57 Å². The minimum atomic E-state index is 1.12. The highest BCUT2D eigenvalue weighted by Crippen LogP contribution is 2.42. The highest BCUT2D eigenvalue weighted by molar-refractivity contribution is 7.26. The summed E-state index contributed by atoms with van der Waals surface area (Å²) in [6.07, 6.45) is 0. The molecule has 0 N–H and O–H groups in total. The summed E-state index contributed by atoms with van der Waals surface area (Å²) in [5.74, 6) is 0. The molecule has 0 amide bonds. The second kappa shape index (κ2) is 12.2. The van der Waals surface area contributed by atoms with Crippen LogP contribution in [0.5, 0.6) is 0 Å². The summed E-state index contributed by atoms with van der Waals surface area (Å²) in [5.41, 5.74) is 11.9. The molecule has 0 unspecified atom stereocenters. The number of benzene rings is 8. The van der Waals surface area contributed by atoms with Gasteiger partial charge >= 0.3 is 0 Å². The molecule has 2 aromatic heterocycles. The third-order valence-corrected chi connectivity index (χ3v) is 11.2. The van der Waals surface area contributed by atoms with E-state index in [1.54, 1.807) is 0 Å². The molecule has 0 aliphatic rings. The largest absolute Gasteiger partial charge is 0.311 e. The Hall–Kier alpha value is -6.42. The average Bonchev–Trinajstić information content (AvgIpc) is 3.75. The summed E-state index contributed by atoms with van der Waals surface area (Å²) >= 11 is 1.88. The number of nitrogens with zero attached hydrogens (tertiary/aromatic N) is 2. The predicted molar refractivity (Wildman–Crippen MR) is 219 cm³/mol. The zero-order chi connectivity index (χ0) is 33.7. The number of anilines is 3. The molecule has 10 rings (SSSR count). The number of hydrogen-bond donors (Lipinski definition) is 0. The SMILES string of the molecule is c1ccc(N(c2ccc(-c3ccc(-n4c5ccccc5c5ccccc54)cc3)cc2)c2ccc(-c3cccc4c3sc3ccccc34)cc2)cc1. The standard InChI is InChI=1S/C48H32N2S/c1-2-11-36(12-3-1)49(38-31-25-35(26-32-38)40-16-10-17-44-43-15-6-9-20-47(43)51-48(40)44)37-27-21-33(22-28-37)34-23-29-39(30-24-34)50-45-18-7-4-13-41(45)42-14-5-8-19-46(42)50/h1-32H. The topological polar surface area (TPSA) is 8.17 Å². The molecule has 0 saturated carbocycles. The van der Waals surface area contributed by atoms with E-state index in [2.05, 4.69) is 204 Å². The minimum absolute atomic E-state index is 1.12. The smallest absolute Gasteiger partial charge is 0.0541 e. The maximum Gasteiger partial charge on any atom is 0.0541 e. The third kappa shape index (κ3) is 5.01. The lowest BCUT2D eigenvalue weighted by Gasteiger charge is -2.26. The second-order valence-electron chi connectivity index (χ2n) is 13.0. The molecular formula is C48H32N2S. The van der Waals surface area contributed by atoms with Crippen LogP contribution in [0, 0.1) is 0 Å². The molecular weight excluding hydrogens is 637 g/mol. The van der Waals surface area contributed by atoms with Crippen molar-refractivity contribution in [3.63, 3.8) is 0 Å². The molecule has 0 spiro atoms. The zero-order valence-corrected chi connectivity index (χ0v) is 28.6. The Morgan fingerprint density at radius 3 is 1.49 bits per heavy atom. The molecule has 0 aliphatic carbocycles. The highest BCUT2D eigenvalue weighted by Gasteiger charge is 2.15. The van der Waals surface area contributed by atoms with Crippen LogP contribution in [0.15, 0.2) is 194 Å². The van der Waals surface area contributed by atoms with Crippen molar-refractivity contribution in [1.29, 1.82) is 0 Å². The first-order valence-electron chi connectivity index (χ1n) is 17.4. The first kappa shape index (κ1) is 29.5. The Morgan fingerprint density at radius 1 is 0.353 bits per heavy atom. The van der Waals surface area contributed by atoms with E-state index in [9.17, 15) is 0 Å². The van der Waals surface area contributed by atoms with Crippen LogP contribution in [0.1, 0.15) is 0 Å². The van der Waals surface area contributed by atoms with E-state index in [1.807, 2.05) is 11.3 Å². The van der Waals surface area contributed by atoms with Crippen molar-refractivity contribution in [3.8, 4) is 27.9 Å². The Balaban J connectivity index is 0.980. The van der Waals surface area contributed by atoms with Gasteiger partial charge in [-0.25, -0.2) is 0 Å². The average molecular weight is 669 g/mol. The Kier molecular flexibility index (Phi) is 7.04. The molecule has 0 bridgehead atoms. The molecule has 2 heterocycles. The lowest BCUT2D eigenvalue weighted by Crippen LogP contribution is -2.09. The van der Waals surface area contributed by atoms with Gasteiger partial charge in [0, 0.05) is 53.7 Å². The number of para-hydroxylation sites is 3. The van der Waals surface area contributed by atoms with Crippen LogP contribution < -0.4 is 4.90 Å². The lowest BCUT2D eigenvalue weighted by atomic mass is 10.0. The molecule has 0 saturated heterocycles. The van der Waals surface area contributed by atoms with Gasteiger partial charge in [0.25, 0.3) is 0 Å². The monoisotopic (exact) mass is 668 g/mol. The quantitative estimate of drug-likeness (QED) is 0.171. The van der Waals surface area contributed by atoms with E-state index in [1.165, 1.54) is 64.2 Å². The molecule has 0 aliphatic heterocycles. The fraction of sp³-hybridized carbons (Fsp3) is 0. The normalized spacial score (nSPS) is 11.5. The van der Waals surface area contributed by atoms with Crippen molar-refractivity contribution in [3.05, 3.63) is 194 Å². The molecule has 2 nitrogen and oxygen atoms in total. The van der Waals surface area contributed by atoms with Gasteiger partial charge in [-0.15, -0.1) is 11.3 Å². The van der Waals surface area contributed by atoms with Crippen LogP contribution in [-0.2, 0) is 0 Å². The predicted octanol–water partition coefficient (Wildman–Crippen LogP) is 14.0. The fourth-order valence-corrected chi connectivity index (χ4v) is 8.83. The van der Waals surface area contributed by atoms with Crippen molar-refractivity contribution in [2.24, 2.45) is 0 Å². The van der Waals surface area contributed by atoms with Gasteiger partial charge in [-0.1, -0.05) is 127 Å². The van der Waals surface area contributed by atoms with E-state index in [0.29, 0.717) is 0 Å². The number of thiophene rings is 1. The van der Waals surface area contributed by atoms with Crippen LogP contribution in [0.2, 0.25) is 0 Å².